The fourth-order valence-electron chi connectivity index (χ4n) is 2.51. The number of fused-ring (bicyclic) bond motifs is 1. The van der Waals surface area contributed by atoms with Crippen molar-refractivity contribution in [1.29, 1.82) is 0 Å². The first-order chi connectivity index (χ1) is 10.1. The predicted octanol–water partition coefficient (Wildman–Crippen LogP) is 2.74. The maximum absolute atomic E-state index is 13.5. The summed E-state index contributed by atoms with van der Waals surface area (Å²) in [6, 6.07) is 12.1. The Morgan fingerprint density at radius 1 is 1.29 bits per heavy atom. The molecular formula is C16H13FN2OS. The average Bonchev–Trinajstić information content (AvgIpc) is 2.42. The lowest BCUT2D eigenvalue weighted by atomic mass is 9.77. The van der Waals surface area contributed by atoms with Crippen molar-refractivity contribution in [3.63, 3.8) is 0 Å². The number of anilines is 1. The van der Waals surface area contributed by atoms with Gasteiger partial charge in [-0.3, -0.25) is 4.79 Å². The van der Waals surface area contributed by atoms with Gasteiger partial charge >= 0.3 is 0 Å². The van der Waals surface area contributed by atoms with E-state index in [2.05, 4.69) is 5.32 Å². The van der Waals surface area contributed by atoms with E-state index in [-0.39, 0.29) is 22.4 Å². The van der Waals surface area contributed by atoms with Crippen LogP contribution in [0.25, 0.3) is 0 Å². The molecule has 21 heavy (non-hydrogen) atoms. The van der Waals surface area contributed by atoms with Crippen molar-refractivity contribution in [2.24, 2.45) is 5.73 Å². The van der Waals surface area contributed by atoms with Crippen LogP contribution in [0.3, 0.4) is 0 Å². The van der Waals surface area contributed by atoms with Crippen molar-refractivity contribution >= 4 is 28.8 Å². The fraction of sp³-hybridized carbons (Fsp3) is 0.125. The number of halogens is 1. The summed E-state index contributed by atoms with van der Waals surface area (Å²) in [5, 5.41) is 2.79. The van der Waals surface area contributed by atoms with Gasteiger partial charge in [-0.1, -0.05) is 36.5 Å². The summed E-state index contributed by atoms with van der Waals surface area (Å²) in [6.45, 7) is 0. The molecule has 0 saturated carbocycles. The average molecular weight is 300 g/mol. The van der Waals surface area contributed by atoms with Gasteiger partial charge in [-0.15, -0.1) is 0 Å². The van der Waals surface area contributed by atoms with Gasteiger partial charge in [0.25, 0.3) is 0 Å². The van der Waals surface area contributed by atoms with Crippen molar-refractivity contribution < 1.29 is 9.18 Å². The molecule has 0 bridgehead atoms. The molecular weight excluding hydrogens is 287 g/mol. The van der Waals surface area contributed by atoms with Gasteiger partial charge in [0.05, 0.1) is 5.92 Å². The highest BCUT2D eigenvalue weighted by atomic mass is 32.1. The summed E-state index contributed by atoms with van der Waals surface area (Å²) in [5.41, 5.74) is 8.33. The standard InChI is InChI=1S/C16H13FN2OS/c17-14-6-5-10(8-13(14)15(18)21)19-16(20)12-7-9-3-1-2-4-11(9)12/h1-6,8,12H,7H2,(H2,18,21)(H,19,20). The van der Waals surface area contributed by atoms with Crippen molar-refractivity contribution in [1.82, 2.24) is 0 Å². The predicted molar refractivity (Wildman–Crippen MR) is 83.8 cm³/mol. The summed E-state index contributed by atoms with van der Waals surface area (Å²) in [7, 11) is 0. The third-order valence-electron chi connectivity index (χ3n) is 3.67. The van der Waals surface area contributed by atoms with E-state index in [0.29, 0.717) is 5.69 Å². The van der Waals surface area contributed by atoms with Crippen molar-refractivity contribution in [2.45, 2.75) is 12.3 Å². The highest BCUT2D eigenvalue weighted by Gasteiger charge is 2.31. The maximum atomic E-state index is 13.5. The number of thiocarbonyl (C=S) groups is 1. The van der Waals surface area contributed by atoms with Gasteiger partial charge in [0.2, 0.25) is 5.91 Å². The van der Waals surface area contributed by atoms with E-state index in [9.17, 15) is 9.18 Å². The van der Waals surface area contributed by atoms with Crippen molar-refractivity contribution in [3.05, 3.63) is 65.0 Å². The molecule has 2 aromatic rings. The summed E-state index contributed by atoms with van der Waals surface area (Å²) >= 11 is 4.79. The van der Waals surface area contributed by atoms with Crippen LogP contribution in [0, 0.1) is 5.82 Å². The van der Waals surface area contributed by atoms with Gasteiger partial charge < -0.3 is 11.1 Å². The molecule has 0 aliphatic heterocycles. The number of nitrogens with one attached hydrogen (secondary N) is 1. The third kappa shape index (κ3) is 2.52. The van der Waals surface area contributed by atoms with E-state index >= 15 is 0 Å². The first-order valence-electron chi connectivity index (χ1n) is 6.54. The number of carbonyl (C=O) groups is 1. The lowest BCUT2D eigenvalue weighted by Gasteiger charge is -2.28. The second-order valence-corrected chi connectivity index (χ2v) is 5.44. The monoisotopic (exact) mass is 300 g/mol. The Morgan fingerprint density at radius 3 is 2.76 bits per heavy atom. The SMILES string of the molecule is NC(=S)c1cc(NC(=O)C2Cc3ccccc32)ccc1F. The molecule has 5 heteroatoms. The zero-order chi connectivity index (χ0) is 15.0. The second kappa shape index (κ2) is 5.26. The topological polar surface area (TPSA) is 55.1 Å². The van der Waals surface area contributed by atoms with E-state index in [4.69, 9.17) is 18.0 Å². The molecule has 3 nitrogen and oxygen atoms in total. The molecule has 3 N–H and O–H groups in total. The number of amides is 1. The summed E-state index contributed by atoms with van der Waals surface area (Å²) in [5.74, 6) is -0.747. The smallest absolute Gasteiger partial charge is 0.232 e. The molecule has 1 atom stereocenters. The van der Waals surface area contributed by atoms with Crippen LogP contribution in [0.2, 0.25) is 0 Å². The number of carbonyl (C=O) groups excluding carboxylic acids is 1. The second-order valence-electron chi connectivity index (χ2n) is 5.00. The minimum atomic E-state index is -0.491. The van der Waals surface area contributed by atoms with E-state index in [1.165, 1.54) is 23.8 Å². The number of benzene rings is 2. The zero-order valence-corrected chi connectivity index (χ0v) is 11.9. The van der Waals surface area contributed by atoms with Crippen LogP contribution in [0.1, 0.15) is 22.6 Å². The number of hydrogen-bond donors (Lipinski definition) is 2. The molecule has 1 aliphatic rings. The van der Waals surface area contributed by atoms with Gasteiger partial charge in [0.15, 0.2) is 0 Å². The number of hydrogen-bond acceptors (Lipinski definition) is 2. The largest absolute Gasteiger partial charge is 0.389 e. The van der Waals surface area contributed by atoms with Crippen molar-refractivity contribution in [3.8, 4) is 0 Å². The molecule has 0 saturated heterocycles. The third-order valence-corrected chi connectivity index (χ3v) is 3.89. The van der Waals surface area contributed by atoms with Crippen molar-refractivity contribution in [2.75, 3.05) is 5.32 Å². The van der Waals surface area contributed by atoms with E-state index < -0.39 is 5.82 Å². The molecule has 1 amide bonds. The van der Waals surface area contributed by atoms with Crippen LogP contribution in [0.4, 0.5) is 10.1 Å². The minimum absolute atomic E-state index is 0.0300. The highest BCUT2D eigenvalue weighted by molar-refractivity contribution is 7.80. The van der Waals surface area contributed by atoms with Crippen LogP contribution >= 0.6 is 12.2 Å². The van der Waals surface area contributed by atoms with E-state index in [1.807, 2.05) is 24.3 Å². The Bertz CT molecular complexity index is 745. The molecule has 2 aromatic carbocycles. The van der Waals surface area contributed by atoms with Crippen LogP contribution in [0.5, 0.6) is 0 Å². The number of rotatable bonds is 3. The molecule has 0 spiro atoms. The molecule has 0 radical (unpaired) electrons. The summed E-state index contributed by atoms with van der Waals surface area (Å²) < 4.78 is 13.5. The quantitative estimate of drug-likeness (QED) is 0.857. The first-order valence-corrected chi connectivity index (χ1v) is 6.95. The Kier molecular flexibility index (Phi) is 3.43. The van der Waals surface area contributed by atoms with E-state index in [1.54, 1.807) is 0 Å². The molecule has 1 unspecified atom stereocenters. The van der Waals surface area contributed by atoms with Crippen LogP contribution in [-0.4, -0.2) is 10.9 Å². The van der Waals surface area contributed by atoms with Gasteiger partial charge in [0, 0.05) is 11.3 Å². The Hall–Kier alpha value is -2.27. The van der Waals surface area contributed by atoms with Crippen LogP contribution in [0.15, 0.2) is 42.5 Å². The van der Waals surface area contributed by atoms with Gasteiger partial charge in [-0.05, 0) is 35.7 Å². The molecule has 1 aliphatic carbocycles. The van der Waals surface area contributed by atoms with Gasteiger partial charge in [-0.2, -0.15) is 0 Å². The highest BCUT2D eigenvalue weighted by Crippen LogP contribution is 2.35. The lowest BCUT2D eigenvalue weighted by molar-refractivity contribution is -0.118. The summed E-state index contributed by atoms with van der Waals surface area (Å²) in [6.07, 6.45) is 0.728. The molecule has 0 aromatic heterocycles. The molecule has 0 fully saturated rings. The fourth-order valence-corrected chi connectivity index (χ4v) is 2.67. The Balaban J connectivity index is 1.78. The Morgan fingerprint density at radius 2 is 2.05 bits per heavy atom. The van der Waals surface area contributed by atoms with Gasteiger partial charge in [0.1, 0.15) is 10.8 Å². The lowest BCUT2D eigenvalue weighted by Crippen LogP contribution is -2.30. The van der Waals surface area contributed by atoms with E-state index in [0.717, 1.165) is 12.0 Å². The summed E-state index contributed by atoms with van der Waals surface area (Å²) in [4.78, 5) is 12.2. The van der Waals surface area contributed by atoms with Gasteiger partial charge in [-0.25, -0.2) is 4.39 Å². The van der Waals surface area contributed by atoms with Crippen LogP contribution < -0.4 is 11.1 Å². The number of nitrogens with two attached hydrogens (primary N) is 1. The Labute approximate surface area is 127 Å². The minimum Gasteiger partial charge on any atom is -0.389 e. The maximum Gasteiger partial charge on any atom is 0.232 e. The molecule has 106 valence electrons. The first kappa shape index (κ1) is 13.7. The zero-order valence-electron chi connectivity index (χ0n) is 11.1. The normalized spacial score (nSPS) is 15.8. The van der Waals surface area contributed by atoms with Crippen LogP contribution in [-0.2, 0) is 11.2 Å². The molecule has 0 heterocycles. The molecule has 3 rings (SSSR count).